The molecule has 0 bridgehead atoms. The van der Waals surface area contributed by atoms with Gasteiger partial charge in [0.05, 0.1) is 21.3 Å². The molecular weight excluding hydrogens is 538 g/mol. The van der Waals surface area contributed by atoms with E-state index in [4.69, 9.17) is 21.3 Å². The average molecular weight is 564 g/mol. The fraction of sp³-hybridized carbons (Fsp3) is 0.179. The number of hydrogen-bond acceptors (Lipinski definition) is 7. The number of sulfonamides is 1. The fourth-order valence-electron chi connectivity index (χ4n) is 4.20. The van der Waals surface area contributed by atoms with Crippen LogP contribution in [0.15, 0.2) is 90.0 Å². The highest BCUT2D eigenvalue weighted by molar-refractivity contribution is 7.89. The Kier molecular flexibility index (Phi) is 7.78. The Labute approximate surface area is 232 Å². The predicted molar refractivity (Wildman–Crippen MR) is 151 cm³/mol. The van der Waals surface area contributed by atoms with Crippen molar-refractivity contribution in [2.24, 2.45) is 0 Å². The number of para-hydroxylation sites is 1. The second kappa shape index (κ2) is 11.4. The van der Waals surface area contributed by atoms with Crippen molar-refractivity contribution in [2.75, 3.05) is 36.4 Å². The van der Waals surface area contributed by atoms with E-state index in [1.165, 1.54) is 29.4 Å². The van der Waals surface area contributed by atoms with E-state index in [1.807, 2.05) is 65.6 Å². The van der Waals surface area contributed by atoms with Crippen LogP contribution < -0.4 is 15.0 Å². The molecule has 200 valence electrons. The molecule has 11 heteroatoms. The number of nitrogens with one attached hydrogen (secondary N) is 1. The Morgan fingerprint density at radius 1 is 0.923 bits per heavy atom. The molecular formula is C28H26ClN5O4S. The first-order valence-corrected chi connectivity index (χ1v) is 14.1. The monoisotopic (exact) mass is 563 g/mol. The highest BCUT2D eigenvalue weighted by Crippen LogP contribution is 2.29. The van der Waals surface area contributed by atoms with Crippen molar-refractivity contribution in [3.8, 4) is 22.8 Å². The van der Waals surface area contributed by atoms with Crippen LogP contribution in [0.1, 0.15) is 6.92 Å². The summed E-state index contributed by atoms with van der Waals surface area (Å²) < 4.78 is 33.7. The molecule has 4 aromatic rings. The third-order valence-electron chi connectivity index (χ3n) is 6.18. The Morgan fingerprint density at radius 2 is 1.62 bits per heavy atom. The van der Waals surface area contributed by atoms with Crippen LogP contribution in [0.4, 0.5) is 11.6 Å². The lowest BCUT2D eigenvalue weighted by Gasteiger charge is -2.34. The molecule has 1 aliphatic rings. The number of carbonyl (C=O) groups excluding carboxylic acids is 1. The van der Waals surface area contributed by atoms with Crippen molar-refractivity contribution in [1.82, 2.24) is 14.3 Å². The third-order valence-corrected chi connectivity index (χ3v) is 8.39. The minimum absolute atomic E-state index is 0.0768. The molecule has 0 unspecified atom stereocenters. The van der Waals surface area contributed by atoms with Crippen LogP contribution in [0, 0.1) is 0 Å². The number of hydrogen-bond donors (Lipinski definition) is 1. The van der Waals surface area contributed by atoms with Crippen LogP contribution in [-0.4, -0.2) is 54.8 Å². The molecule has 1 aliphatic heterocycles. The first-order chi connectivity index (χ1) is 18.8. The maximum atomic E-state index is 13.2. The van der Waals surface area contributed by atoms with Crippen LogP contribution in [0.2, 0.25) is 5.02 Å². The van der Waals surface area contributed by atoms with Gasteiger partial charge in [-0.15, -0.1) is 0 Å². The number of carbonyl (C=O) groups is 1. The molecule has 3 aromatic carbocycles. The summed E-state index contributed by atoms with van der Waals surface area (Å²) in [5.41, 5.74) is 2.04. The molecule has 1 aromatic heterocycles. The molecule has 1 N–H and O–H groups in total. The van der Waals surface area contributed by atoms with Gasteiger partial charge in [-0.1, -0.05) is 29.8 Å². The van der Waals surface area contributed by atoms with Gasteiger partial charge in [0, 0.05) is 44.9 Å². The smallest absolute Gasteiger partial charge is 0.243 e. The average Bonchev–Trinajstić information content (AvgIpc) is 2.95. The van der Waals surface area contributed by atoms with Gasteiger partial charge < -0.3 is 15.0 Å². The van der Waals surface area contributed by atoms with E-state index >= 15 is 0 Å². The Balaban J connectivity index is 1.24. The van der Waals surface area contributed by atoms with Crippen molar-refractivity contribution in [3.05, 3.63) is 90.1 Å². The zero-order valence-electron chi connectivity index (χ0n) is 21.1. The summed E-state index contributed by atoms with van der Waals surface area (Å²) in [4.78, 5) is 22.5. The molecule has 0 radical (unpaired) electrons. The van der Waals surface area contributed by atoms with Gasteiger partial charge in [0.15, 0.2) is 0 Å². The van der Waals surface area contributed by atoms with Crippen LogP contribution >= 0.6 is 11.6 Å². The molecule has 1 fully saturated rings. The summed E-state index contributed by atoms with van der Waals surface area (Å²) in [5, 5.41) is 2.74. The normalized spacial score (nSPS) is 14.2. The van der Waals surface area contributed by atoms with Crippen LogP contribution in [-0.2, 0) is 14.8 Å². The van der Waals surface area contributed by atoms with E-state index in [0.29, 0.717) is 24.7 Å². The van der Waals surface area contributed by atoms with E-state index in [2.05, 4.69) is 10.3 Å². The highest BCUT2D eigenvalue weighted by Gasteiger charge is 2.30. The van der Waals surface area contributed by atoms with Crippen LogP contribution in [0.25, 0.3) is 11.3 Å². The first kappa shape index (κ1) is 26.6. The van der Waals surface area contributed by atoms with Gasteiger partial charge in [-0.05, 0) is 60.7 Å². The maximum absolute atomic E-state index is 13.2. The van der Waals surface area contributed by atoms with E-state index in [1.54, 1.807) is 6.20 Å². The minimum atomic E-state index is -3.76. The lowest BCUT2D eigenvalue weighted by Crippen LogP contribution is -2.49. The first-order valence-electron chi connectivity index (χ1n) is 12.3. The zero-order valence-corrected chi connectivity index (χ0v) is 22.7. The van der Waals surface area contributed by atoms with Gasteiger partial charge in [0.2, 0.25) is 21.9 Å². The highest BCUT2D eigenvalue weighted by atomic mass is 35.5. The molecule has 1 saturated heterocycles. The van der Waals surface area contributed by atoms with Crippen molar-refractivity contribution in [1.29, 1.82) is 0 Å². The van der Waals surface area contributed by atoms with Crippen molar-refractivity contribution >= 4 is 39.2 Å². The number of aromatic nitrogens is 2. The molecule has 0 atom stereocenters. The van der Waals surface area contributed by atoms with Crippen molar-refractivity contribution in [3.63, 3.8) is 0 Å². The van der Waals surface area contributed by atoms with Crippen LogP contribution in [0.3, 0.4) is 0 Å². The molecule has 5 rings (SSSR count). The summed E-state index contributed by atoms with van der Waals surface area (Å²) in [6.07, 6.45) is 1.70. The SMILES string of the molecule is CC(=O)Nc1ccc(S(=O)(=O)N2CCN(c3nccc(-c4ccc(Oc5ccccc5)cc4)n3)CC2)cc1Cl. The quantitative estimate of drug-likeness (QED) is 0.335. The topological polar surface area (TPSA) is 105 Å². The van der Waals surface area contributed by atoms with Gasteiger partial charge >= 0.3 is 0 Å². The third kappa shape index (κ3) is 6.19. The lowest BCUT2D eigenvalue weighted by atomic mass is 10.1. The summed E-state index contributed by atoms with van der Waals surface area (Å²) in [5.74, 6) is 1.74. The number of benzene rings is 3. The Morgan fingerprint density at radius 3 is 2.28 bits per heavy atom. The zero-order chi connectivity index (χ0) is 27.4. The summed E-state index contributed by atoms with van der Waals surface area (Å²) >= 11 is 6.20. The number of nitrogens with zero attached hydrogens (tertiary/aromatic N) is 4. The summed E-state index contributed by atoms with van der Waals surface area (Å²) in [6.45, 7) is 2.77. The Hall–Kier alpha value is -3.99. The predicted octanol–water partition coefficient (Wildman–Crippen LogP) is 5.06. The number of anilines is 2. The molecule has 39 heavy (non-hydrogen) atoms. The molecule has 0 saturated carbocycles. The lowest BCUT2D eigenvalue weighted by molar-refractivity contribution is -0.114. The Bertz CT molecular complexity index is 1580. The van der Waals surface area contributed by atoms with Gasteiger partial charge in [-0.3, -0.25) is 4.79 Å². The maximum Gasteiger partial charge on any atom is 0.243 e. The van der Waals surface area contributed by atoms with E-state index < -0.39 is 10.0 Å². The van der Waals surface area contributed by atoms with Crippen molar-refractivity contribution < 1.29 is 17.9 Å². The van der Waals surface area contributed by atoms with E-state index in [0.717, 1.165) is 22.8 Å². The number of ether oxygens (including phenoxy) is 1. The van der Waals surface area contributed by atoms with Gasteiger partial charge in [0.1, 0.15) is 11.5 Å². The minimum Gasteiger partial charge on any atom is -0.457 e. The van der Waals surface area contributed by atoms with Gasteiger partial charge in [-0.2, -0.15) is 4.31 Å². The molecule has 1 amide bonds. The molecule has 0 spiro atoms. The number of halogens is 1. The molecule has 0 aliphatic carbocycles. The second-order valence-electron chi connectivity index (χ2n) is 8.90. The number of amides is 1. The van der Waals surface area contributed by atoms with E-state index in [-0.39, 0.29) is 28.9 Å². The molecule has 2 heterocycles. The van der Waals surface area contributed by atoms with Crippen LogP contribution in [0.5, 0.6) is 11.5 Å². The summed E-state index contributed by atoms with van der Waals surface area (Å²) in [7, 11) is -3.76. The number of rotatable bonds is 7. The standard InChI is InChI=1S/C28H26ClN5O4S/c1-20(35)31-27-12-11-24(19-25(27)29)39(36,37)34-17-15-33(16-18-34)28-30-14-13-26(32-28)21-7-9-23(10-8-21)38-22-5-3-2-4-6-22/h2-14,19H,15-18H2,1H3,(H,31,35). The van der Waals surface area contributed by atoms with Gasteiger partial charge in [0.25, 0.3) is 0 Å². The molecule has 9 nitrogen and oxygen atoms in total. The van der Waals surface area contributed by atoms with Crippen molar-refractivity contribution in [2.45, 2.75) is 11.8 Å². The number of piperazine rings is 1. The summed E-state index contributed by atoms with van der Waals surface area (Å²) in [6, 6.07) is 23.4. The second-order valence-corrected chi connectivity index (χ2v) is 11.2. The van der Waals surface area contributed by atoms with E-state index in [9.17, 15) is 13.2 Å². The largest absolute Gasteiger partial charge is 0.457 e. The fourth-order valence-corrected chi connectivity index (χ4v) is 5.95. The van der Waals surface area contributed by atoms with Gasteiger partial charge in [-0.25, -0.2) is 18.4 Å².